The number of nitrogens with zero attached hydrogens (tertiary/aromatic N) is 2. The SMILES string of the molecule is CC(C)C(=O)N1CCN(C(=O)c2ccc(Br)cc2F)CC1. The molecular formula is C15H18BrFN2O2. The van der Waals surface area contributed by atoms with Gasteiger partial charge in [-0.25, -0.2) is 4.39 Å². The lowest BCUT2D eigenvalue weighted by molar-refractivity contribution is -0.135. The van der Waals surface area contributed by atoms with Crippen molar-refractivity contribution >= 4 is 27.7 Å². The second-order valence-electron chi connectivity index (χ2n) is 5.40. The molecule has 0 unspecified atom stereocenters. The first-order valence-corrected chi connectivity index (χ1v) is 7.72. The zero-order valence-corrected chi connectivity index (χ0v) is 13.7. The van der Waals surface area contributed by atoms with Gasteiger partial charge in [-0.2, -0.15) is 0 Å². The van der Waals surface area contributed by atoms with Gasteiger partial charge in [0.05, 0.1) is 5.56 Å². The number of halogens is 2. The molecule has 1 aliphatic rings. The quantitative estimate of drug-likeness (QED) is 0.816. The zero-order chi connectivity index (χ0) is 15.6. The van der Waals surface area contributed by atoms with Crippen molar-refractivity contribution in [2.45, 2.75) is 13.8 Å². The number of hydrogen-bond acceptors (Lipinski definition) is 2. The molecule has 114 valence electrons. The lowest BCUT2D eigenvalue weighted by Crippen LogP contribution is -2.51. The molecule has 0 aliphatic carbocycles. The second kappa shape index (κ2) is 6.56. The van der Waals surface area contributed by atoms with Crippen LogP contribution in [0, 0.1) is 11.7 Å². The number of benzene rings is 1. The summed E-state index contributed by atoms with van der Waals surface area (Å²) in [4.78, 5) is 27.6. The summed E-state index contributed by atoms with van der Waals surface area (Å²) in [7, 11) is 0. The van der Waals surface area contributed by atoms with Crippen LogP contribution in [0.2, 0.25) is 0 Å². The Morgan fingerprint density at radius 3 is 2.24 bits per heavy atom. The second-order valence-corrected chi connectivity index (χ2v) is 6.31. The van der Waals surface area contributed by atoms with Gasteiger partial charge >= 0.3 is 0 Å². The molecule has 0 N–H and O–H groups in total. The van der Waals surface area contributed by atoms with Crippen LogP contribution in [-0.4, -0.2) is 47.8 Å². The summed E-state index contributed by atoms with van der Waals surface area (Å²) in [5.41, 5.74) is 0.0711. The van der Waals surface area contributed by atoms with E-state index in [0.717, 1.165) is 0 Å². The highest BCUT2D eigenvalue weighted by atomic mass is 79.9. The fourth-order valence-electron chi connectivity index (χ4n) is 2.33. The van der Waals surface area contributed by atoms with E-state index in [1.807, 2.05) is 13.8 Å². The van der Waals surface area contributed by atoms with Crippen LogP contribution in [0.25, 0.3) is 0 Å². The molecule has 1 aromatic rings. The minimum Gasteiger partial charge on any atom is -0.339 e. The summed E-state index contributed by atoms with van der Waals surface area (Å²) in [6, 6.07) is 4.41. The maximum Gasteiger partial charge on any atom is 0.256 e. The highest BCUT2D eigenvalue weighted by Crippen LogP contribution is 2.18. The van der Waals surface area contributed by atoms with E-state index in [1.54, 1.807) is 15.9 Å². The van der Waals surface area contributed by atoms with Crippen LogP contribution in [-0.2, 0) is 4.79 Å². The molecule has 1 heterocycles. The first kappa shape index (κ1) is 15.9. The number of rotatable bonds is 2. The molecule has 1 fully saturated rings. The van der Waals surface area contributed by atoms with Crippen molar-refractivity contribution in [1.29, 1.82) is 0 Å². The van der Waals surface area contributed by atoms with Crippen molar-refractivity contribution in [2.24, 2.45) is 5.92 Å². The van der Waals surface area contributed by atoms with E-state index in [2.05, 4.69) is 15.9 Å². The van der Waals surface area contributed by atoms with Crippen molar-refractivity contribution in [2.75, 3.05) is 26.2 Å². The Hall–Kier alpha value is -1.43. The van der Waals surface area contributed by atoms with Crippen molar-refractivity contribution in [1.82, 2.24) is 9.80 Å². The normalized spacial score (nSPS) is 15.5. The third kappa shape index (κ3) is 3.61. The van der Waals surface area contributed by atoms with Crippen molar-refractivity contribution in [3.8, 4) is 0 Å². The van der Waals surface area contributed by atoms with Crippen LogP contribution in [0.4, 0.5) is 4.39 Å². The number of amides is 2. The van der Waals surface area contributed by atoms with Gasteiger partial charge in [-0.1, -0.05) is 29.8 Å². The van der Waals surface area contributed by atoms with Crippen molar-refractivity contribution in [3.05, 3.63) is 34.1 Å². The standard InChI is InChI=1S/C15H18BrFN2O2/c1-10(2)14(20)18-5-7-19(8-6-18)15(21)12-4-3-11(16)9-13(12)17/h3-4,9-10H,5-8H2,1-2H3. The Kier molecular flexibility index (Phi) is 4.98. The Morgan fingerprint density at radius 2 is 1.71 bits per heavy atom. The minimum absolute atomic E-state index is 0.0452. The molecule has 0 saturated carbocycles. The largest absolute Gasteiger partial charge is 0.339 e. The van der Waals surface area contributed by atoms with E-state index in [-0.39, 0.29) is 23.3 Å². The number of piperazine rings is 1. The van der Waals surface area contributed by atoms with Crippen LogP contribution < -0.4 is 0 Å². The van der Waals surface area contributed by atoms with E-state index in [9.17, 15) is 14.0 Å². The molecule has 21 heavy (non-hydrogen) atoms. The third-order valence-electron chi connectivity index (χ3n) is 3.53. The summed E-state index contributed by atoms with van der Waals surface area (Å²) in [5, 5.41) is 0. The highest BCUT2D eigenvalue weighted by Gasteiger charge is 2.27. The van der Waals surface area contributed by atoms with E-state index < -0.39 is 5.82 Å². The van der Waals surface area contributed by atoms with E-state index in [0.29, 0.717) is 30.7 Å². The lowest BCUT2D eigenvalue weighted by Gasteiger charge is -2.35. The molecule has 1 aliphatic heterocycles. The molecule has 0 radical (unpaired) electrons. The fraction of sp³-hybridized carbons (Fsp3) is 0.467. The lowest BCUT2D eigenvalue weighted by atomic mass is 10.1. The summed E-state index contributed by atoms with van der Waals surface area (Å²) in [5.74, 6) is -0.806. The maximum atomic E-state index is 13.8. The molecule has 1 saturated heterocycles. The molecule has 6 heteroatoms. The third-order valence-corrected chi connectivity index (χ3v) is 4.03. The van der Waals surface area contributed by atoms with Gasteiger partial charge in [0.2, 0.25) is 5.91 Å². The molecule has 0 atom stereocenters. The van der Waals surface area contributed by atoms with Gasteiger partial charge in [-0.3, -0.25) is 9.59 Å². The van der Waals surface area contributed by atoms with E-state index in [4.69, 9.17) is 0 Å². The molecule has 2 rings (SSSR count). The van der Waals surface area contributed by atoms with Gasteiger partial charge < -0.3 is 9.80 Å². The maximum absolute atomic E-state index is 13.8. The van der Waals surface area contributed by atoms with E-state index >= 15 is 0 Å². The Balaban J connectivity index is 2.02. The molecular weight excluding hydrogens is 339 g/mol. The van der Waals surface area contributed by atoms with Gasteiger partial charge in [0.1, 0.15) is 5.82 Å². The number of carbonyl (C=O) groups is 2. The van der Waals surface area contributed by atoms with Crippen molar-refractivity contribution < 1.29 is 14.0 Å². The summed E-state index contributed by atoms with van der Waals surface area (Å²) in [6.07, 6.45) is 0. The molecule has 0 aromatic heterocycles. The highest BCUT2D eigenvalue weighted by molar-refractivity contribution is 9.10. The molecule has 4 nitrogen and oxygen atoms in total. The van der Waals surface area contributed by atoms with Crippen LogP contribution >= 0.6 is 15.9 Å². The van der Waals surface area contributed by atoms with Crippen LogP contribution in [0.15, 0.2) is 22.7 Å². The minimum atomic E-state index is -0.532. The fourth-order valence-corrected chi connectivity index (χ4v) is 2.66. The molecule has 2 amide bonds. The average molecular weight is 357 g/mol. The monoisotopic (exact) mass is 356 g/mol. The predicted octanol–water partition coefficient (Wildman–Crippen LogP) is 2.53. The first-order chi connectivity index (χ1) is 9.90. The summed E-state index contributed by atoms with van der Waals surface area (Å²) < 4.78 is 14.4. The molecule has 0 spiro atoms. The Bertz CT molecular complexity index is 555. The van der Waals surface area contributed by atoms with Gasteiger partial charge in [-0.05, 0) is 18.2 Å². The van der Waals surface area contributed by atoms with Gasteiger partial charge in [-0.15, -0.1) is 0 Å². The summed E-state index contributed by atoms with van der Waals surface area (Å²) >= 11 is 3.17. The Labute approximate surface area is 132 Å². The summed E-state index contributed by atoms with van der Waals surface area (Å²) in [6.45, 7) is 5.59. The zero-order valence-electron chi connectivity index (χ0n) is 12.1. The number of hydrogen-bond donors (Lipinski definition) is 0. The Morgan fingerprint density at radius 1 is 1.14 bits per heavy atom. The van der Waals surface area contributed by atoms with Gasteiger partial charge in [0.25, 0.3) is 5.91 Å². The van der Waals surface area contributed by atoms with E-state index in [1.165, 1.54) is 12.1 Å². The van der Waals surface area contributed by atoms with Gasteiger partial charge in [0, 0.05) is 36.6 Å². The van der Waals surface area contributed by atoms with Crippen LogP contribution in [0.3, 0.4) is 0 Å². The predicted molar refractivity (Wildman–Crippen MR) is 81.4 cm³/mol. The molecule has 0 bridgehead atoms. The average Bonchev–Trinajstić information content (AvgIpc) is 2.46. The smallest absolute Gasteiger partial charge is 0.256 e. The van der Waals surface area contributed by atoms with Crippen LogP contribution in [0.5, 0.6) is 0 Å². The topological polar surface area (TPSA) is 40.6 Å². The van der Waals surface area contributed by atoms with Crippen molar-refractivity contribution in [3.63, 3.8) is 0 Å². The first-order valence-electron chi connectivity index (χ1n) is 6.93. The number of carbonyl (C=O) groups excluding carboxylic acids is 2. The van der Waals surface area contributed by atoms with Gasteiger partial charge in [0.15, 0.2) is 0 Å². The van der Waals surface area contributed by atoms with Crippen LogP contribution in [0.1, 0.15) is 24.2 Å². The molecule has 1 aromatic carbocycles.